The molecule has 0 amide bonds. The standard InChI is InChI=1S/C20H33N5OS.HI/c1-6-21-20(22-12-11-19-24-15(4)16(5)27-19)23-14-17(25(7-2)8-3)18-10-9-13-26-18;/h9-10,13,17H,6-8,11-12,14H2,1-5H3,(H2,21,22,23);1H. The molecule has 0 bridgehead atoms. The molecule has 0 aliphatic rings. The van der Waals surface area contributed by atoms with Crippen LogP contribution in [0.4, 0.5) is 0 Å². The fourth-order valence-electron chi connectivity index (χ4n) is 2.98. The minimum Gasteiger partial charge on any atom is -0.468 e. The lowest BCUT2D eigenvalue weighted by Gasteiger charge is -2.27. The maximum atomic E-state index is 5.67. The molecule has 0 saturated carbocycles. The number of furan rings is 1. The largest absolute Gasteiger partial charge is 0.468 e. The van der Waals surface area contributed by atoms with E-state index in [1.165, 1.54) is 9.88 Å². The number of hydrogen-bond acceptors (Lipinski definition) is 5. The van der Waals surface area contributed by atoms with Crippen molar-refractivity contribution in [1.82, 2.24) is 20.5 Å². The average molecular weight is 519 g/mol. The average Bonchev–Trinajstić information content (AvgIpc) is 3.29. The first-order chi connectivity index (χ1) is 13.1. The Kier molecular flexibility index (Phi) is 11.7. The van der Waals surface area contributed by atoms with Gasteiger partial charge in [0.1, 0.15) is 5.76 Å². The second-order valence-electron chi connectivity index (χ2n) is 6.40. The molecule has 2 heterocycles. The lowest BCUT2D eigenvalue weighted by molar-refractivity contribution is 0.198. The molecule has 8 heteroatoms. The van der Waals surface area contributed by atoms with Crippen molar-refractivity contribution in [1.29, 1.82) is 0 Å². The van der Waals surface area contributed by atoms with Gasteiger partial charge in [-0.15, -0.1) is 35.3 Å². The highest BCUT2D eigenvalue weighted by Crippen LogP contribution is 2.21. The minimum atomic E-state index is 0. The lowest BCUT2D eigenvalue weighted by atomic mass is 10.2. The van der Waals surface area contributed by atoms with Gasteiger partial charge < -0.3 is 15.1 Å². The molecule has 1 atom stereocenters. The molecule has 0 aliphatic carbocycles. The molecule has 2 aromatic heterocycles. The maximum absolute atomic E-state index is 5.67. The highest BCUT2D eigenvalue weighted by Gasteiger charge is 2.20. The minimum absolute atomic E-state index is 0. The predicted octanol–water partition coefficient (Wildman–Crippen LogP) is 4.15. The lowest BCUT2D eigenvalue weighted by Crippen LogP contribution is -2.39. The molecule has 0 aliphatic heterocycles. The molecule has 158 valence electrons. The van der Waals surface area contributed by atoms with Crippen LogP contribution in [-0.4, -0.2) is 48.6 Å². The van der Waals surface area contributed by atoms with Gasteiger partial charge in [-0.25, -0.2) is 4.98 Å². The SMILES string of the molecule is CCNC(=NCC(c1ccco1)N(CC)CC)NCCc1nc(C)c(C)s1.I. The van der Waals surface area contributed by atoms with E-state index in [1.807, 2.05) is 12.1 Å². The number of nitrogens with one attached hydrogen (secondary N) is 2. The van der Waals surface area contributed by atoms with E-state index in [9.17, 15) is 0 Å². The van der Waals surface area contributed by atoms with E-state index in [1.54, 1.807) is 17.6 Å². The van der Waals surface area contributed by atoms with Gasteiger partial charge in [0, 0.05) is 24.4 Å². The van der Waals surface area contributed by atoms with Crippen LogP contribution in [0.15, 0.2) is 27.8 Å². The summed E-state index contributed by atoms with van der Waals surface area (Å²) in [6, 6.07) is 4.12. The van der Waals surface area contributed by atoms with Gasteiger partial charge in [-0.05, 0) is 46.0 Å². The third-order valence-electron chi connectivity index (χ3n) is 4.60. The highest BCUT2D eigenvalue weighted by atomic mass is 127. The molecule has 0 aromatic carbocycles. The molecule has 2 rings (SSSR count). The van der Waals surface area contributed by atoms with E-state index in [2.05, 4.69) is 55.1 Å². The first-order valence-corrected chi connectivity index (χ1v) is 10.6. The van der Waals surface area contributed by atoms with Crippen LogP contribution in [0.3, 0.4) is 0 Å². The van der Waals surface area contributed by atoms with Crippen LogP contribution < -0.4 is 10.6 Å². The van der Waals surface area contributed by atoms with Gasteiger partial charge in [0.2, 0.25) is 0 Å². The highest BCUT2D eigenvalue weighted by molar-refractivity contribution is 14.0. The number of thiazole rings is 1. The van der Waals surface area contributed by atoms with E-state index in [-0.39, 0.29) is 30.0 Å². The number of rotatable bonds is 10. The van der Waals surface area contributed by atoms with Crippen LogP contribution in [0.1, 0.15) is 48.2 Å². The van der Waals surface area contributed by atoms with Crippen molar-refractivity contribution in [3.8, 4) is 0 Å². The Balaban J connectivity index is 0.00000392. The van der Waals surface area contributed by atoms with Crippen LogP contribution >= 0.6 is 35.3 Å². The molecule has 0 saturated heterocycles. The predicted molar refractivity (Wildman–Crippen MR) is 129 cm³/mol. The number of aliphatic imine (C=N–C) groups is 1. The molecule has 2 N–H and O–H groups in total. The number of guanidine groups is 1. The van der Waals surface area contributed by atoms with E-state index in [0.29, 0.717) is 6.54 Å². The third kappa shape index (κ3) is 7.36. The van der Waals surface area contributed by atoms with Crippen LogP contribution in [0.5, 0.6) is 0 Å². The fraction of sp³-hybridized carbons (Fsp3) is 0.600. The summed E-state index contributed by atoms with van der Waals surface area (Å²) in [6.07, 6.45) is 2.64. The van der Waals surface area contributed by atoms with Crippen molar-refractivity contribution in [2.24, 2.45) is 4.99 Å². The van der Waals surface area contributed by atoms with Crippen molar-refractivity contribution in [3.63, 3.8) is 0 Å². The molecule has 2 aromatic rings. The van der Waals surface area contributed by atoms with Crippen LogP contribution in [0.25, 0.3) is 0 Å². The van der Waals surface area contributed by atoms with Crippen molar-refractivity contribution in [2.45, 2.75) is 47.1 Å². The number of likely N-dealkylation sites (N-methyl/N-ethyl adjacent to an activating group) is 1. The Morgan fingerprint density at radius 3 is 2.54 bits per heavy atom. The van der Waals surface area contributed by atoms with Crippen LogP contribution in [0.2, 0.25) is 0 Å². The molecule has 28 heavy (non-hydrogen) atoms. The zero-order chi connectivity index (χ0) is 19.6. The topological polar surface area (TPSA) is 65.7 Å². The zero-order valence-electron chi connectivity index (χ0n) is 17.6. The van der Waals surface area contributed by atoms with Crippen molar-refractivity contribution in [3.05, 3.63) is 39.7 Å². The number of hydrogen-bond donors (Lipinski definition) is 2. The Bertz CT molecular complexity index is 678. The summed E-state index contributed by atoms with van der Waals surface area (Å²) in [5.41, 5.74) is 1.14. The Hall–Kier alpha value is -1.13. The van der Waals surface area contributed by atoms with Crippen LogP contribution in [-0.2, 0) is 6.42 Å². The molecule has 0 radical (unpaired) electrons. The third-order valence-corrected chi connectivity index (χ3v) is 5.73. The van der Waals surface area contributed by atoms with Gasteiger partial charge in [0.25, 0.3) is 0 Å². The Morgan fingerprint density at radius 2 is 2.00 bits per heavy atom. The zero-order valence-corrected chi connectivity index (χ0v) is 20.8. The first kappa shape index (κ1) is 24.9. The van der Waals surface area contributed by atoms with Crippen molar-refractivity contribution in [2.75, 3.05) is 32.7 Å². The maximum Gasteiger partial charge on any atom is 0.191 e. The molecule has 1 unspecified atom stereocenters. The summed E-state index contributed by atoms with van der Waals surface area (Å²) in [5, 5.41) is 7.93. The second kappa shape index (κ2) is 13.2. The molecule has 0 spiro atoms. The van der Waals surface area contributed by atoms with E-state index >= 15 is 0 Å². The van der Waals surface area contributed by atoms with Gasteiger partial charge in [-0.1, -0.05) is 13.8 Å². The molecular weight excluding hydrogens is 485 g/mol. The first-order valence-electron chi connectivity index (χ1n) is 9.81. The summed E-state index contributed by atoms with van der Waals surface area (Å²) in [7, 11) is 0. The number of aryl methyl sites for hydroxylation is 2. The smallest absolute Gasteiger partial charge is 0.191 e. The summed E-state index contributed by atoms with van der Waals surface area (Å²) in [4.78, 5) is 13.1. The van der Waals surface area contributed by atoms with Gasteiger partial charge in [0.05, 0.1) is 29.6 Å². The molecular formula is C20H34IN5OS. The van der Waals surface area contributed by atoms with Gasteiger partial charge in [-0.3, -0.25) is 9.89 Å². The van der Waals surface area contributed by atoms with E-state index in [4.69, 9.17) is 9.41 Å². The quantitative estimate of drug-likeness (QED) is 0.281. The fourth-order valence-corrected chi connectivity index (χ4v) is 3.92. The molecule has 6 nitrogen and oxygen atoms in total. The number of nitrogens with zero attached hydrogens (tertiary/aromatic N) is 3. The molecule has 0 fully saturated rings. The van der Waals surface area contributed by atoms with Crippen LogP contribution in [0, 0.1) is 13.8 Å². The monoisotopic (exact) mass is 519 g/mol. The number of aromatic nitrogens is 1. The van der Waals surface area contributed by atoms with E-state index in [0.717, 1.165) is 50.0 Å². The van der Waals surface area contributed by atoms with Crippen molar-refractivity contribution < 1.29 is 4.42 Å². The summed E-state index contributed by atoms with van der Waals surface area (Å²) >= 11 is 1.78. The second-order valence-corrected chi connectivity index (χ2v) is 7.69. The summed E-state index contributed by atoms with van der Waals surface area (Å²) < 4.78 is 5.67. The van der Waals surface area contributed by atoms with Crippen molar-refractivity contribution >= 4 is 41.3 Å². The van der Waals surface area contributed by atoms with Gasteiger partial charge in [0.15, 0.2) is 5.96 Å². The van der Waals surface area contributed by atoms with E-state index < -0.39 is 0 Å². The summed E-state index contributed by atoms with van der Waals surface area (Å²) in [5.74, 6) is 1.80. The number of halogens is 1. The Morgan fingerprint density at radius 1 is 1.25 bits per heavy atom. The normalized spacial score (nSPS) is 12.7. The van der Waals surface area contributed by atoms with Gasteiger partial charge in [-0.2, -0.15) is 0 Å². The summed E-state index contributed by atoms with van der Waals surface area (Å²) in [6.45, 7) is 14.8. The Labute approximate surface area is 190 Å². The van der Waals surface area contributed by atoms with Gasteiger partial charge >= 0.3 is 0 Å².